The molecule has 0 aromatic heterocycles. The molecular weight excluding hydrogens is 198 g/mol. The van der Waals surface area contributed by atoms with Crippen molar-refractivity contribution in [2.45, 2.75) is 6.42 Å². The molecule has 82 valence electrons. The molecule has 0 unspecified atom stereocenters. The van der Waals surface area contributed by atoms with E-state index in [1.165, 1.54) is 5.56 Å². The molecule has 0 bridgehead atoms. The molecule has 2 aromatic carbocycles. The van der Waals surface area contributed by atoms with Gasteiger partial charge < -0.3 is 17.2 Å². The lowest BCUT2D eigenvalue weighted by molar-refractivity contribution is 1.20. The Morgan fingerprint density at radius 2 is 1.50 bits per heavy atom. The SMILES string of the molecule is Nc1cccc(Cc2ccc(N)c(N)c2)c1. The van der Waals surface area contributed by atoms with Crippen LogP contribution in [0.5, 0.6) is 0 Å². The van der Waals surface area contributed by atoms with Gasteiger partial charge in [-0.15, -0.1) is 0 Å². The molecule has 0 spiro atoms. The van der Waals surface area contributed by atoms with Crippen molar-refractivity contribution in [1.82, 2.24) is 0 Å². The Morgan fingerprint density at radius 1 is 0.750 bits per heavy atom. The van der Waals surface area contributed by atoms with Gasteiger partial charge in [-0.1, -0.05) is 18.2 Å². The number of hydrogen-bond donors (Lipinski definition) is 3. The van der Waals surface area contributed by atoms with Crippen LogP contribution < -0.4 is 17.2 Å². The third-order valence-corrected chi connectivity index (χ3v) is 2.51. The standard InChI is InChI=1S/C13H15N3/c14-11-3-1-2-9(7-11)6-10-4-5-12(15)13(16)8-10/h1-5,7-8H,6,14-16H2. The number of nitrogens with two attached hydrogens (primary N) is 3. The summed E-state index contributed by atoms with van der Waals surface area (Å²) in [7, 11) is 0. The van der Waals surface area contributed by atoms with Crippen LogP contribution >= 0.6 is 0 Å². The summed E-state index contributed by atoms with van der Waals surface area (Å²) in [5.74, 6) is 0. The Balaban J connectivity index is 2.24. The van der Waals surface area contributed by atoms with E-state index in [0.717, 1.165) is 17.7 Å². The fourth-order valence-corrected chi connectivity index (χ4v) is 1.67. The van der Waals surface area contributed by atoms with E-state index in [-0.39, 0.29) is 0 Å². The van der Waals surface area contributed by atoms with Crippen molar-refractivity contribution >= 4 is 17.1 Å². The molecule has 6 N–H and O–H groups in total. The second-order valence-corrected chi connectivity index (χ2v) is 3.89. The zero-order chi connectivity index (χ0) is 11.5. The van der Waals surface area contributed by atoms with Crippen molar-refractivity contribution in [1.29, 1.82) is 0 Å². The van der Waals surface area contributed by atoms with Crippen molar-refractivity contribution in [2.24, 2.45) is 0 Å². The molecule has 3 heteroatoms. The molecule has 0 amide bonds. The molecule has 0 radical (unpaired) electrons. The summed E-state index contributed by atoms with van der Waals surface area (Å²) in [5, 5.41) is 0. The molecule has 0 fully saturated rings. The quantitative estimate of drug-likeness (QED) is 0.668. The largest absolute Gasteiger partial charge is 0.399 e. The van der Waals surface area contributed by atoms with Crippen molar-refractivity contribution in [3.8, 4) is 0 Å². The van der Waals surface area contributed by atoms with Gasteiger partial charge in [-0.2, -0.15) is 0 Å². The highest BCUT2D eigenvalue weighted by Gasteiger charge is 1.99. The van der Waals surface area contributed by atoms with Crippen LogP contribution in [-0.2, 0) is 6.42 Å². The zero-order valence-electron chi connectivity index (χ0n) is 8.98. The number of nitrogen functional groups attached to an aromatic ring is 3. The lowest BCUT2D eigenvalue weighted by Gasteiger charge is -2.06. The number of benzene rings is 2. The summed E-state index contributed by atoms with van der Waals surface area (Å²) >= 11 is 0. The molecule has 0 saturated carbocycles. The molecule has 3 nitrogen and oxygen atoms in total. The molecule has 0 aliphatic carbocycles. The minimum atomic E-state index is 0.622. The van der Waals surface area contributed by atoms with Gasteiger partial charge in [0.25, 0.3) is 0 Å². The Morgan fingerprint density at radius 3 is 2.19 bits per heavy atom. The van der Waals surface area contributed by atoms with Crippen LogP contribution in [0.25, 0.3) is 0 Å². The van der Waals surface area contributed by atoms with Crippen LogP contribution in [0.4, 0.5) is 17.1 Å². The van der Waals surface area contributed by atoms with Crippen molar-refractivity contribution in [2.75, 3.05) is 17.2 Å². The van der Waals surface area contributed by atoms with Crippen LogP contribution in [0.1, 0.15) is 11.1 Å². The summed E-state index contributed by atoms with van der Waals surface area (Å²) in [6.45, 7) is 0. The normalized spacial score (nSPS) is 10.2. The molecular formula is C13H15N3. The summed E-state index contributed by atoms with van der Waals surface area (Å²) < 4.78 is 0. The van der Waals surface area contributed by atoms with E-state index >= 15 is 0 Å². The summed E-state index contributed by atoms with van der Waals surface area (Å²) in [6, 6.07) is 13.5. The summed E-state index contributed by atoms with van der Waals surface area (Å²) in [4.78, 5) is 0. The first-order valence-corrected chi connectivity index (χ1v) is 5.13. The Labute approximate surface area is 94.9 Å². The van der Waals surface area contributed by atoms with Crippen LogP contribution in [-0.4, -0.2) is 0 Å². The molecule has 0 aliphatic rings. The van der Waals surface area contributed by atoms with Crippen LogP contribution in [0, 0.1) is 0 Å². The minimum Gasteiger partial charge on any atom is -0.399 e. The summed E-state index contributed by atoms with van der Waals surface area (Å²) in [5.41, 5.74) is 21.5. The van der Waals surface area contributed by atoms with Crippen molar-refractivity contribution in [3.05, 3.63) is 53.6 Å². The maximum absolute atomic E-state index is 5.75. The van der Waals surface area contributed by atoms with Crippen molar-refractivity contribution in [3.63, 3.8) is 0 Å². The van der Waals surface area contributed by atoms with Gasteiger partial charge in [-0.05, 0) is 41.8 Å². The van der Waals surface area contributed by atoms with Gasteiger partial charge in [0.05, 0.1) is 11.4 Å². The number of anilines is 3. The number of rotatable bonds is 2. The second kappa shape index (κ2) is 4.14. The average Bonchev–Trinajstić information content (AvgIpc) is 2.24. The highest BCUT2D eigenvalue weighted by Crippen LogP contribution is 2.19. The lowest BCUT2D eigenvalue weighted by Crippen LogP contribution is -1.97. The lowest BCUT2D eigenvalue weighted by atomic mass is 10.0. The van der Waals surface area contributed by atoms with E-state index in [2.05, 4.69) is 0 Å². The van der Waals surface area contributed by atoms with E-state index in [0.29, 0.717) is 11.4 Å². The smallest absolute Gasteiger partial charge is 0.0550 e. The van der Waals surface area contributed by atoms with E-state index in [4.69, 9.17) is 17.2 Å². The van der Waals surface area contributed by atoms with Crippen LogP contribution in [0.2, 0.25) is 0 Å². The topological polar surface area (TPSA) is 78.1 Å². The van der Waals surface area contributed by atoms with Crippen LogP contribution in [0.15, 0.2) is 42.5 Å². The molecule has 0 saturated heterocycles. The average molecular weight is 213 g/mol. The van der Waals surface area contributed by atoms with Crippen molar-refractivity contribution < 1.29 is 0 Å². The van der Waals surface area contributed by atoms with Gasteiger partial charge in [0.15, 0.2) is 0 Å². The predicted molar refractivity (Wildman–Crippen MR) is 68.9 cm³/mol. The molecule has 2 aromatic rings. The monoisotopic (exact) mass is 213 g/mol. The fraction of sp³-hybridized carbons (Fsp3) is 0.0769. The molecule has 0 heterocycles. The first kappa shape index (κ1) is 10.4. The first-order chi connectivity index (χ1) is 7.65. The van der Waals surface area contributed by atoms with E-state index in [1.54, 1.807) is 0 Å². The van der Waals surface area contributed by atoms with Gasteiger partial charge in [-0.3, -0.25) is 0 Å². The Hall–Kier alpha value is -2.16. The predicted octanol–water partition coefficient (Wildman–Crippen LogP) is 2.02. The van der Waals surface area contributed by atoms with E-state index in [9.17, 15) is 0 Å². The van der Waals surface area contributed by atoms with Gasteiger partial charge in [-0.25, -0.2) is 0 Å². The maximum Gasteiger partial charge on any atom is 0.0550 e. The summed E-state index contributed by atoms with van der Waals surface area (Å²) in [6.07, 6.45) is 0.815. The van der Waals surface area contributed by atoms with Gasteiger partial charge >= 0.3 is 0 Å². The molecule has 0 atom stereocenters. The maximum atomic E-state index is 5.75. The van der Waals surface area contributed by atoms with Gasteiger partial charge in [0.1, 0.15) is 0 Å². The third kappa shape index (κ3) is 2.25. The van der Waals surface area contributed by atoms with E-state index < -0.39 is 0 Å². The first-order valence-electron chi connectivity index (χ1n) is 5.13. The van der Waals surface area contributed by atoms with E-state index in [1.807, 2.05) is 42.5 Å². The third-order valence-electron chi connectivity index (χ3n) is 2.51. The number of hydrogen-bond acceptors (Lipinski definition) is 3. The minimum absolute atomic E-state index is 0.622. The molecule has 16 heavy (non-hydrogen) atoms. The molecule has 2 rings (SSSR count). The molecule has 0 aliphatic heterocycles. The highest BCUT2D eigenvalue weighted by molar-refractivity contribution is 5.64. The Kier molecular flexibility index (Phi) is 2.68. The zero-order valence-corrected chi connectivity index (χ0v) is 8.98. The van der Waals surface area contributed by atoms with Gasteiger partial charge in [0.2, 0.25) is 0 Å². The highest BCUT2D eigenvalue weighted by atomic mass is 14.7. The Bertz CT molecular complexity index is 506. The van der Waals surface area contributed by atoms with Gasteiger partial charge in [0, 0.05) is 5.69 Å². The second-order valence-electron chi connectivity index (χ2n) is 3.89. The fourth-order valence-electron chi connectivity index (χ4n) is 1.67. The van der Waals surface area contributed by atoms with Crippen LogP contribution in [0.3, 0.4) is 0 Å².